The zero-order valence-corrected chi connectivity index (χ0v) is 11.9. The number of nitrogens with zero attached hydrogens (tertiary/aromatic N) is 2. The van der Waals surface area contributed by atoms with Gasteiger partial charge in [-0.3, -0.25) is 4.68 Å². The van der Waals surface area contributed by atoms with Crippen molar-refractivity contribution in [1.29, 1.82) is 0 Å². The fourth-order valence-corrected chi connectivity index (χ4v) is 3.28. The van der Waals surface area contributed by atoms with Crippen molar-refractivity contribution in [3.05, 3.63) is 35.8 Å². The zero-order chi connectivity index (χ0) is 14.3. The Morgan fingerprint density at radius 2 is 1.95 bits per heavy atom. The predicted molar refractivity (Wildman–Crippen MR) is 78.8 cm³/mol. The number of halogens is 1. The molecule has 20 heavy (non-hydrogen) atoms. The number of aryl methyl sites for hydroxylation is 1. The average Bonchev–Trinajstić information content (AvgIpc) is 2.96. The quantitative estimate of drug-likeness (QED) is 0.906. The molecule has 2 atom stereocenters. The van der Waals surface area contributed by atoms with Crippen molar-refractivity contribution >= 4 is 5.82 Å². The van der Waals surface area contributed by atoms with Gasteiger partial charge in [-0.15, -0.1) is 0 Å². The van der Waals surface area contributed by atoms with Gasteiger partial charge in [-0.1, -0.05) is 31.9 Å². The van der Waals surface area contributed by atoms with E-state index in [1.807, 2.05) is 7.05 Å². The number of nitrogen functional groups attached to an aromatic ring is 1. The molecule has 1 saturated carbocycles. The molecular weight excluding hydrogens is 253 g/mol. The normalized spacial score (nSPS) is 22.4. The van der Waals surface area contributed by atoms with E-state index in [1.165, 1.54) is 25.0 Å². The smallest absolute Gasteiger partial charge is 0.129 e. The van der Waals surface area contributed by atoms with Crippen LogP contribution < -0.4 is 5.73 Å². The first-order chi connectivity index (χ1) is 9.58. The SMILES string of the molecule is CC1CCCC1c1nn(C)c(N)c1-c1ccc(F)cc1. The summed E-state index contributed by atoms with van der Waals surface area (Å²) in [7, 11) is 1.87. The van der Waals surface area contributed by atoms with Gasteiger partial charge < -0.3 is 5.73 Å². The molecule has 2 aromatic rings. The van der Waals surface area contributed by atoms with Crippen LogP contribution >= 0.6 is 0 Å². The van der Waals surface area contributed by atoms with Crippen molar-refractivity contribution in [3.63, 3.8) is 0 Å². The third-order valence-electron chi connectivity index (χ3n) is 4.46. The summed E-state index contributed by atoms with van der Waals surface area (Å²) in [6, 6.07) is 6.52. The molecular formula is C16H20FN3. The molecule has 3 rings (SSSR count). The molecule has 1 aliphatic rings. The fraction of sp³-hybridized carbons (Fsp3) is 0.438. The lowest BCUT2D eigenvalue weighted by Crippen LogP contribution is -2.05. The van der Waals surface area contributed by atoms with Crippen LogP contribution in [0.4, 0.5) is 10.2 Å². The molecule has 0 amide bonds. The predicted octanol–water partition coefficient (Wildman–Crippen LogP) is 3.71. The Morgan fingerprint density at radius 1 is 1.25 bits per heavy atom. The van der Waals surface area contributed by atoms with Gasteiger partial charge in [0.2, 0.25) is 0 Å². The van der Waals surface area contributed by atoms with Crippen LogP contribution in [0.2, 0.25) is 0 Å². The minimum absolute atomic E-state index is 0.230. The summed E-state index contributed by atoms with van der Waals surface area (Å²) in [5.74, 6) is 1.51. The van der Waals surface area contributed by atoms with Gasteiger partial charge in [0.05, 0.1) is 5.69 Å². The highest BCUT2D eigenvalue weighted by molar-refractivity contribution is 5.77. The highest BCUT2D eigenvalue weighted by Crippen LogP contribution is 2.44. The molecule has 4 heteroatoms. The number of rotatable bonds is 2. The summed E-state index contributed by atoms with van der Waals surface area (Å²) in [5, 5.41) is 4.64. The number of aromatic nitrogens is 2. The molecule has 1 heterocycles. The first kappa shape index (κ1) is 13.2. The number of nitrogens with two attached hydrogens (primary N) is 1. The van der Waals surface area contributed by atoms with Crippen LogP contribution in [0, 0.1) is 11.7 Å². The van der Waals surface area contributed by atoms with Crippen molar-refractivity contribution in [2.45, 2.75) is 32.1 Å². The third kappa shape index (κ3) is 2.09. The lowest BCUT2D eigenvalue weighted by Gasteiger charge is -2.15. The first-order valence-electron chi connectivity index (χ1n) is 7.16. The highest BCUT2D eigenvalue weighted by atomic mass is 19.1. The van der Waals surface area contributed by atoms with E-state index < -0.39 is 0 Å². The van der Waals surface area contributed by atoms with Gasteiger partial charge in [0.1, 0.15) is 11.6 Å². The van der Waals surface area contributed by atoms with Gasteiger partial charge in [-0.2, -0.15) is 5.10 Å². The monoisotopic (exact) mass is 273 g/mol. The molecule has 1 aromatic carbocycles. The summed E-state index contributed by atoms with van der Waals surface area (Å²) < 4.78 is 14.9. The van der Waals surface area contributed by atoms with Gasteiger partial charge >= 0.3 is 0 Å². The molecule has 0 bridgehead atoms. The molecule has 2 unspecified atom stereocenters. The van der Waals surface area contributed by atoms with Crippen LogP contribution in [0.3, 0.4) is 0 Å². The molecule has 1 aliphatic carbocycles. The second-order valence-corrected chi connectivity index (χ2v) is 5.79. The topological polar surface area (TPSA) is 43.8 Å². The van der Waals surface area contributed by atoms with E-state index in [9.17, 15) is 4.39 Å². The third-order valence-corrected chi connectivity index (χ3v) is 4.46. The van der Waals surface area contributed by atoms with Crippen molar-refractivity contribution in [2.75, 3.05) is 5.73 Å². The van der Waals surface area contributed by atoms with E-state index in [0.717, 1.165) is 23.2 Å². The Bertz CT molecular complexity index is 615. The van der Waals surface area contributed by atoms with Crippen molar-refractivity contribution in [1.82, 2.24) is 9.78 Å². The van der Waals surface area contributed by atoms with Gasteiger partial charge in [-0.25, -0.2) is 4.39 Å². The van der Waals surface area contributed by atoms with Crippen LogP contribution in [-0.2, 0) is 7.05 Å². The lowest BCUT2D eigenvalue weighted by molar-refractivity contribution is 0.516. The van der Waals surface area contributed by atoms with Crippen molar-refractivity contribution in [3.8, 4) is 11.1 Å². The van der Waals surface area contributed by atoms with Crippen LogP contribution in [0.5, 0.6) is 0 Å². The van der Waals surface area contributed by atoms with E-state index in [-0.39, 0.29) is 5.82 Å². The van der Waals surface area contributed by atoms with Crippen LogP contribution in [0.1, 0.15) is 37.8 Å². The fourth-order valence-electron chi connectivity index (χ4n) is 3.28. The maximum absolute atomic E-state index is 13.1. The molecule has 0 radical (unpaired) electrons. The molecule has 106 valence electrons. The highest BCUT2D eigenvalue weighted by Gasteiger charge is 2.31. The maximum Gasteiger partial charge on any atom is 0.129 e. The van der Waals surface area contributed by atoms with E-state index in [0.29, 0.717) is 17.7 Å². The lowest BCUT2D eigenvalue weighted by atomic mass is 9.90. The van der Waals surface area contributed by atoms with Crippen LogP contribution in [0.25, 0.3) is 11.1 Å². The molecule has 2 N–H and O–H groups in total. The van der Waals surface area contributed by atoms with E-state index in [1.54, 1.807) is 16.8 Å². The average molecular weight is 273 g/mol. The summed E-state index contributed by atoms with van der Waals surface area (Å²) in [6.45, 7) is 2.27. The van der Waals surface area contributed by atoms with Gasteiger partial charge in [0, 0.05) is 18.5 Å². The molecule has 0 spiro atoms. The Balaban J connectivity index is 2.11. The van der Waals surface area contributed by atoms with Gasteiger partial charge in [0.25, 0.3) is 0 Å². The van der Waals surface area contributed by atoms with E-state index in [2.05, 4.69) is 12.0 Å². The maximum atomic E-state index is 13.1. The number of anilines is 1. The van der Waals surface area contributed by atoms with Gasteiger partial charge in [-0.05, 0) is 30.0 Å². The van der Waals surface area contributed by atoms with E-state index in [4.69, 9.17) is 5.73 Å². The summed E-state index contributed by atoms with van der Waals surface area (Å²) in [4.78, 5) is 0. The molecule has 3 nitrogen and oxygen atoms in total. The largest absolute Gasteiger partial charge is 0.383 e. The first-order valence-corrected chi connectivity index (χ1v) is 7.16. The Kier molecular flexibility index (Phi) is 3.24. The number of hydrogen-bond acceptors (Lipinski definition) is 2. The van der Waals surface area contributed by atoms with Crippen LogP contribution in [0.15, 0.2) is 24.3 Å². The van der Waals surface area contributed by atoms with E-state index >= 15 is 0 Å². The standard InChI is InChI=1S/C16H20FN3/c1-10-4-3-5-13(10)15-14(16(18)20(2)19-15)11-6-8-12(17)9-7-11/h6-10,13H,3-5,18H2,1-2H3. The summed E-state index contributed by atoms with van der Waals surface area (Å²) in [6.07, 6.45) is 3.64. The zero-order valence-electron chi connectivity index (χ0n) is 11.9. The molecule has 0 saturated heterocycles. The summed E-state index contributed by atoms with van der Waals surface area (Å²) in [5.41, 5.74) is 9.19. The van der Waals surface area contributed by atoms with Crippen molar-refractivity contribution < 1.29 is 4.39 Å². The molecule has 1 fully saturated rings. The van der Waals surface area contributed by atoms with Crippen LogP contribution in [-0.4, -0.2) is 9.78 Å². The number of benzene rings is 1. The molecule has 0 aliphatic heterocycles. The minimum Gasteiger partial charge on any atom is -0.383 e. The Hall–Kier alpha value is -1.84. The van der Waals surface area contributed by atoms with Crippen molar-refractivity contribution in [2.24, 2.45) is 13.0 Å². The second kappa shape index (κ2) is 4.93. The van der Waals surface area contributed by atoms with Gasteiger partial charge in [0.15, 0.2) is 0 Å². The summed E-state index contributed by atoms with van der Waals surface area (Å²) >= 11 is 0. The molecule has 1 aromatic heterocycles. The minimum atomic E-state index is -0.230. The second-order valence-electron chi connectivity index (χ2n) is 5.79. The Morgan fingerprint density at radius 3 is 2.55 bits per heavy atom. The Labute approximate surface area is 118 Å². The number of hydrogen-bond donors (Lipinski definition) is 1.